The quantitative estimate of drug-likeness (QED) is 0.911. The molecule has 0 aromatic carbocycles. The van der Waals surface area contributed by atoms with Crippen molar-refractivity contribution in [2.45, 2.75) is 40.2 Å². The van der Waals surface area contributed by atoms with E-state index >= 15 is 0 Å². The van der Waals surface area contributed by atoms with Gasteiger partial charge in [-0.3, -0.25) is 0 Å². The molecule has 112 valence electrons. The van der Waals surface area contributed by atoms with E-state index in [0.29, 0.717) is 35.8 Å². The lowest BCUT2D eigenvalue weighted by Gasteiger charge is -2.41. The second-order valence-corrected chi connectivity index (χ2v) is 5.69. The molecule has 2 rings (SSSR count). The summed E-state index contributed by atoms with van der Waals surface area (Å²) in [7, 11) is 1.58. The number of aromatic nitrogens is 3. The normalized spacial score (nSPS) is 26.4. The van der Waals surface area contributed by atoms with Gasteiger partial charge in [-0.1, -0.05) is 13.8 Å². The van der Waals surface area contributed by atoms with Gasteiger partial charge < -0.3 is 15.0 Å². The average Bonchev–Trinajstić information content (AvgIpc) is 2.42. The van der Waals surface area contributed by atoms with Gasteiger partial charge in [-0.15, -0.1) is 0 Å². The summed E-state index contributed by atoms with van der Waals surface area (Å²) < 4.78 is 5.19. The molecule has 0 aliphatic carbocycles. The van der Waals surface area contributed by atoms with E-state index in [1.165, 1.54) is 6.42 Å². The Bertz CT molecular complexity index is 453. The van der Waals surface area contributed by atoms with Crippen LogP contribution in [0.5, 0.6) is 6.01 Å². The Labute approximate surface area is 121 Å². The number of ether oxygens (including phenoxy) is 1. The van der Waals surface area contributed by atoms with Gasteiger partial charge in [-0.05, 0) is 32.1 Å². The van der Waals surface area contributed by atoms with Crippen molar-refractivity contribution >= 4 is 11.9 Å². The molecule has 1 aromatic heterocycles. The number of methoxy groups -OCH3 is 1. The van der Waals surface area contributed by atoms with E-state index in [1.807, 2.05) is 6.92 Å². The first-order valence-corrected chi connectivity index (χ1v) is 7.35. The van der Waals surface area contributed by atoms with E-state index in [1.54, 1.807) is 7.11 Å². The molecule has 3 unspecified atom stereocenters. The topological polar surface area (TPSA) is 63.2 Å². The Hall–Kier alpha value is -1.59. The molecule has 20 heavy (non-hydrogen) atoms. The molecular formula is C14H25N5O. The number of rotatable bonds is 4. The number of hydrogen-bond acceptors (Lipinski definition) is 6. The molecule has 2 heterocycles. The van der Waals surface area contributed by atoms with Gasteiger partial charge in [0.25, 0.3) is 0 Å². The predicted octanol–water partition coefficient (Wildman–Crippen LogP) is 2.18. The lowest BCUT2D eigenvalue weighted by Crippen LogP contribution is -2.46. The second kappa shape index (κ2) is 6.24. The fourth-order valence-electron chi connectivity index (χ4n) is 2.78. The number of anilines is 2. The molecule has 1 N–H and O–H groups in total. The van der Waals surface area contributed by atoms with Gasteiger partial charge in [0.1, 0.15) is 0 Å². The maximum atomic E-state index is 5.19. The average molecular weight is 279 g/mol. The summed E-state index contributed by atoms with van der Waals surface area (Å²) >= 11 is 0. The van der Waals surface area contributed by atoms with E-state index in [2.05, 4.69) is 45.9 Å². The van der Waals surface area contributed by atoms with Crippen LogP contribution in [0, 0.1) is 11.8 Å². The van der Waals surface area contributed by atoms with Crippen LogP contribution >= 0.6 is 0 Å². The third-order valence-electron chi connectivity index (χ3n) is 3.98. The summed E-state index contributed by atoms with van der Waals surface area (Å²) in [4.78, 5) is 15.4. The largest absolute Gasteiger partial charge is 0.467 e. The van der Waals surface area contributed by atoms with Gasteiger partial charge in [0.15, 0.2) is 0 Å². The molecule has 0 bridgehead atoms. The summed E-state index contributed by atoms with van der Waals surface area (Å²) in [5, 5.41) is 3.13. The highest BCUT2D eigenvalue weighted by molar-refractivity contribution is 5.40. The highest BCUT2D eigenvalue weighted by atomic mass is 16.5. The van der Waals surface area contributed by atoms with Crippen molar-refractivity contribution < 1.29 is 4.74 Å². The Kier molecular flexibility index (Phi) is 4.62. The Morgan fingerprint density at radius 1 is 1.25 bits per heavy atom. The lowest BCUT2D eigenvalue weighted by molar-refractivity contribution is 0.292. The van der Waals surface area contributed by atoms with Crippen LogP contribution < -0.4 is 15.0 Å². The van der Waals surface area contributed by atoms with Gasteiger partial charge in [0, 0.05) is 19.1 Å². The van der Waals surface area contributed by atoms with Crippen molar-refractivity contribution in [2.75, 3.05) is 30.4 Å². The minimum Gasteiger partial charge on any atom is -0.467 e. The van der Waals surface area contributed by atoms with E-state index in [9.17, 15) is 0 Å². The molecule has 0 radical (unpaired) electrons. The zero-order valence-electron chi connectivity index (χ0n) is 13.1. The third kappa shape index (κ3) is 3.11. The summed E-state index contributed by atoms with van der Waals surface area (Å²) in [6, 6.07) is 0.789. The fraction of sp³-hybridized carbons (Fsp3) is 0.786. The molecule has 1 saturated heterocycles. The summed E-state index contributed by atoms with van der Waals surface area (Å²) in [6.45, 7) is 10.6. The first-order chi connectivity index (χ1) is 9.55. The minimum absolute atomic E-state index is 0.365. The first-order valence-electron chi connectivity index (χ1n) is 7.35. The number of nitrogens with zero attached hydrogens (tertiary/aromatic N) is 4. The van der Waals surface area contributed by atoms with Gasteiger partial charge in [-0.2, -0.15) is 15.0 Å². The van der Waals surface area contributed by atoms with Crippen molar-refractivity contribution in [1.82, 2.24) is 15.0 Å². The van der Waals surface area contributed by atoms with Gasteiger partial charge in [0.2, 0.25) is 11.9 Å². The van der Waals surface area contributed by atoms with Crippen LogP contribution in [0.4, 0.5) is 11.9 Å². The van der Waals surface area contributed by atoms with Crippen LogP contribution in [-0.4, -0.2) is 41.2 Å². The van der Waals surface area contributed by atoms with Crippen LogP contribution in [0.3, 0.4) is 0 Å². The van der Waals surface area contributed by atoms with Crippen LogP contribution in [0.15, 0.2) is 0 Å². The molecule has 1 aromatic rings. The molecule has 3 atom stereocenters. The molecule has 6 heteroatoms. The van der Waals surface area contributed by atoms with Crippen molar-refractivity contribution in [1.29, 1.82) is 0 Å². The van der Waals surface area contributed by atoms with E-state index in [0.717, 1.165) is 13.1 Å². The van der Waals surface area contributed by atoms with E-state index in [-0.39, 0.29) is 0 Å². The number of nitrogens with one attached hydrogen (secondary N) is 1. The molecular weight excluding hydrogens is 254 g/mol. The molecule has 1 aliphatic rings. The van der Waals surface area contributed by atoms with Crippen LogP contribution in [-0.2, 0) is 0 Å². The van der Waals surface area contributed by atoms with Gasteiger partial charge >= 0.3 is 6.01 Å². The van der Waals surface area contributed by atoms with Crippen molar-refractivity contribution in [2.24, 2.45) is 11.8 Å². The maximum absolute atomic E-state index is 5.19. The SMILES string of the molecule is CCNc1nc(OC)nc(N2CC(C)CC(C)C2C)n1. The standard InChI is InChI=1S/C14H25N5O/c1-6-15-12-16-13(18-14(17-12)20-5)19-8-9(2)7-10(3)11(19)4/h9-11H,6-8H2,1-5H3,(H,15,16,17,18). The highest BCUT2D eigenvalue weighted by Gasteiger charge is 2.31. The number of piperidine rings is 1. The Balaban J connectivity index is 2.32. The molecule has 6 nitrogen and oxygen atoms in total. The maximum Gasteiger partial charge on any atom is 0.322 e. The van der Waals surface area contributed by atoms with Crippen LogP contribution in [0.25, 0.3) is 0 Å². The zero-order chi connectivity index (χ0) is 14.7. The van der Waals surface area contributed by atoms with Crippen molar-refractivity contribution in [3.05, 3.63) is 0 Å². The summed E-state index contributed by atoms with van der Waals surface area (Å²) in [5.41, 5.74) is 0. The Morgan fingerprint density at radius 2 is 2.00 bits per heavy atom. The second-order valence-electron chi connectivity index (χ2n) is 5.69. The molecule has 1 aliphatic heterocycles. The smallest absolute Gasteiger partial charge is 0.322 e. The monoisotopic (exact) mass is 279 g/mol. The number of hydrogen-bond donors (Lipinski definition) is 1. The Morgan fingerprint density at radius 3 is 2.65 bits per heavy atom. The van der Waals surface area contributed by atoms with Crippen molar-refractivity contribution in [3.8, 4) is 6.01 Å². The van der Waals surface area contributed by atoms with Crippen molar-refractivity contribution in [3.63, 3.8) is 0 Å². The highest BCUT2D eigenvalue weighted by Crippen LogP contribution is 2.30. The van der Waals surface area contributed by atoms with E-state index in [4.69, 9.17) is 4.74 Å². The lowest BCUT2D eigenvalue weighted by atomic mass is 9.86. The first kappa shape index (κ1) is 14.8. The van der Waals surface area contributed by atoms with Crippen LogP contribution in [0.1, 0.15) is 34.1 Å². The molecule has 0 spiro atoms. The predicted molar refractivity (Wildman–Crippen MR) is 80.3 cm³/mol. The third-order valence-corrected chi connectivity index (χ3v) is 3.98. The van der Waals surface area contributed by atoms with Gasteiger partial charge in [0.05, 0.1) is 7.11 Å². The molecule has 1 fully saturated rings. The molecule has 0 amide bonds. The van der Waals surface area contributed by atoms with Crippen LogP contribution in [0.2, 0.25) is 0 Å². The summed E-state index contributed by atoms with van der Waals surface area (Å²) in [6.07, 6.45) is 1.25. The fourth-order valence-corrected chi connectivity index (χ4v) is 2.78. The molecule has 0 saturated carbocycles. The summed E-state index contributed by atoms with van der Waals surface area (Å²) in [5.74, 6) is 2.56. The van der Waals surface area contributed by atoms with E-state index < -0.39 is 0 Å². The minimum atomic E-state index is 0.365. The van der Waals surface area contributed by atoms with Gasteiger partial charge in [-0.25, -0.2) is 0 Å². The zero-order valence-corrected chi connectivity index (χ0v) is 13.1.